The van der Waals surface area contributed by atoms with Crippen LogP contribution in [0.25, 0.3) is 22.0 Å². The third kappa shape index (κ3) is 3.63. The molecule has 0 fully saturated rings. The zero-order valence-corrected chi connectivity index (χ0v) is 17.5. The molecule has 1 aliphatic heterocycles. The summed E-state index contributed by atoms with van der Waals surface area (Å²) in [6.45, 7) is 4.40. The summed E-state index contributed by atoms with van der Waals surface area (Å²) >= 11 is 0. The minimum Gasteiger partial charge on any atom is -0.360 e. The van der Waals surface area contributed by atoms with Gasteiger partial charge in [0, 0.05) is 48.4 Å². The molecule has 0 bridgehead atoms. The van der Waals surface area contributed by atoms with E-state index in [-0.39, 0.29) is 29.8 Å². The third-order valence-electron chi connectivity index (χ3n) is 5.41. The van der Waals surface area contributed by atoms with E-state index in [1.165, 1.54) is 16.4 Å². The predicted molar refractivity (Wildman–Crippen MR) is 112 cm³/mol. The lowest BCUT2D eigenvalue weighted by molar-refractivity contribution is -0.116. The Kier molecular flexibility index (Phi) is 5.65. The average molecular weight is 434 g/mol. The molecule has 0 amide bonds. The number of halogens is 1. The highest BCUT2D eigenvalue weighted by molar-refractivity contribution is 7.89. The number of H-pyrrole nitrogens is 1. The van der Waals surface area contributed by atoms with Crippen molar-refractivity contribution in [3.05, 3.63) is 54.0 Å². The highest BCUT2D eigenvalue weighted by Crippen LogP contribution is 2.41. The second-order valence-corrected chi connectivity index (χ2v) is 9.06. The maximum Gasteiger partial charge on any atom is 0.244 e. The lowest BCUT2D eigenvalue weighted by Gasteiger charge is -2.21. The van der Waals surface area contributed by atoms with Crippen LogP contribution in [-0.4, -0.2) is 48.9 Å². The Morgan fingerprint density at radius 3 is 2.87 bits per heavy atom. The number of ether oxygens (including phenoxy) is 1. The van der Waals surface area contributed by atoms with Crippen LogP contribution in [-0.2, 0) is 14.8 Å². The number of nitrogens with zero attached hydrogens (tertiary/aromatic N) is 1. The number of rotatable bonds is 7. The number of aliphatic hydroxyl groups is 1. The second kappa shape index (κ2) is 8.09. The lowest BCUT2D eigenvalue weighted by Crippen LogP contribution is -2.39. The summed E-state index contributed by atoms with van der Waals surface area (Å²) in [4.78, 5) is 3.35. The zero-order valence-electron chi connectivity index (χ0n) is 16.7. The molecular weight excluding hydrogens is 409 g/mol. The van der Waals surface area contributed by atoms with E-state index in [4.69, 9.17) is 4.74 Å². The number of hydrogen-bond donors (Lipinski definition) is 3. The molecule has 30 heavy (non-hydrogen) atoms. The van der Waals surface area contributed by atoms with Crippen LogP contribution in [0, 0.1) is 5.82 Å². The summed E-state index contributed by atoms with van der Waals surface area (Å²) in [6.07, 6.45) is 0.674. The minimum atomic E-state index is -3.63. The Labute approximate surface area is 174 Å². The number of aromatic nitrogens is 1. The van der Waals surface area contributed by atoms with Crippen LogP contribution in [0.4, 0.5) is 4.39 Å². The SMILES string of the molecule is CCOC(O)NCCN1C(C)c2cc(-c3c[nH]c4cc(F)ccc34)ccc2S1(=O)=O. The number of hydrogen-bond acceptors (Lipinski definition) is 5. The summed E-state index contributed by atoms with van der Waals surface area (Å²) in [6, 6.07) is 9.49. The Balaban J connectivity index is 1.62. The van der Waals surface area contributed by atoms with Crippen molar-refractivity contribution < 1.29 is 22.7 Å². The molecule has 0 aliphatic carbocycles. The first kappa shape index (κ1) is 21.0. The van der Waals surface area contributed by atoms with E-state index in [9.17, 15) is 17.9 Å². The summed E-state index contributed by atoms with van der Waals surface area (Å²) in [5, 5.41) is 13.2. The summed E-state index contributed by atoms with van der Waals surface area (Å²) in [5.74, 6) is -0.316. The normalized spacial score (nSPS) is 19.3. The Morgan fingerprint density at radius 1 is 1.30 bits per heavy atom. The fourth-order valence-corrected chi connectivity index (χ4v) is 5.81. The molecule has 4 rings (SSSR count). The highest BCUT2D eigenvalue weighted by atomic mass is 32.2. The molecule has 0 saturated carbocycles. The van der Waals surface area contributed by atoms with E-state index in [0.29, 0.717) is 17.7 Å². The molecule has 9 heteroatoms. The summed E-state index contributed by atoms with van der Waals surface area (Å²) in [5.41, 5.74) is 3.15. The van der Waals surface area contributed by atoms with Crippen molar-refractivity contribution >= 4 is 20.9 Å². The monoisotopic (exact) mass is 433 g/mol. The number of aromatic amines is 1. The molecule has 2 heterocycles. The molecule has 1 aliphatic rings. The van der Waals surface area contributed by atoms with E-state index in [1.54, 1.807) is 31.3 Å². The largest absolute Gasteiger partial charge is 0.360 e. The number of benzene rings is 2. The fraction of sp³-hybridized carbons (Fsp3) is 0.333. The van der Waals surface area contributed by atoms with Gasteiger partial charge in [-0.05, 0) is 55.3 Å². The maximum atomic E-state index is 13.5. The van der Waals surface area contributed by atoms with Gasteiger partial charge in [-0.1, -0.05) is 6.07 Å². The number of aliphatic hydroxyl groups excluding tert-OH is 1. The number of nitrogens with one attached hydrogen (secondary N) is 2. The van der Waals surface area contributed by atoms with Crippen molar-refractivity contribution in [3.8, 4) is 11.1 Å². The molecular formula is C21H24FN3O4S. The second-order valence-electron chi connectivity index (χ2n) is 7.20. The molecule has 1 aromatic heterocycles. The van der Waals surface area contributed by atoms with Gasteiger partial charge < -0.3 is 14.8 Å². The molecule has 2 atom stereocenters. The van der Waals surface area contributed by atoms with E-state index in [0.717, 1.165) is 16.5 Å². The van der Waals surface area contributed by atoms with Gasteiger partial charge in [-0.25, -0.2) is 12.8 Å². The topological polar surface area (TPSA) is 94.7 Å². The Morgan fingerprint density at radius 2 is 2.10 bits per heavy atom. The zero-order chi connectivity index (χ0) is 21.5. The van der Waals surface area contributed by atoms with E-state index in [1.807, 2.05) is 13.0 Å². The van der Waals surface area contributed by atoms with Gasteiger partial charge in [-0.2, -0.15) is 4.31 Å². The van der Waals surface area contributed by atoms with Crippen molar-refractivity contribution in [2.45, 2.75) is 31.2 Å². The minimum absolute atomic E-state index is 0.198. The molecule has 3 aromatic rings. The van der Waals surface area contributed by atoms with Crippen LogP contribution in [0.15, 0.2) is 47.5 Å². The Bertz CT molecular complexity index is 1180. The van der Waals surface area contributed by atoms with E-state index >= 15 is 0 Å². The molecule has 7 nitrogen and oxygen atoms in total. The molecule has 3 N–H and O–H groups in total. The van der Waals surface area contributed by atoms with Gasteiger partial charge in [0.05, 0.1) is 4.90 Å². The lowest BCUT2D eigenvalue weighted by atomic mass is 9.99. The third-order valence-corrected chi connectivity index (χ3v) is 7.45. The Hall–Kier alpha value is -2.30. The van der Waals surface area contributed by atoms with Crippen LogP contribution >= 0.6 is 0 Å². The first-order chi connectivity index (χ1) is 14.3. The van der Waals surface area contributed by atoms with Crippen molar-refractivity contribution in [3.63, 3.8) is 0 Å². The van der Waals surface area contributed by atoms with E-state index in [2.05, 4.69) is 10.3 Å². The molecule has 2 unspecified atom stereocenters. The van der Waals surface area contributed by atoms with Crippen LogP contribution in [0.1, 0.15) is 25.5 Å². The van der Waals surface area contributed by atoms with Gasteiger partial charge in [-0.15, -0.1) is 0 Å². The van der Waals surface area contributed by atoms with Crippen LogP contribution in [0.2, 0.25) is 0 Å². The van der Waals surface area contributed by atoms with Gasteiger partial charge in [0.25, 0.3) is 0 Å². The van der Waals surface area contributed by atoms with Gasteiger partial charge in [0.15, 0.2) is 0 Å². The van der Waals surface area contributed by atoms with Gasteiger partial charge >= 0.3 is 0 Å². The molecule has 0 spiro atoms. The van der Waals surface area contributed by atoms with Crippen molar-refractivity contribution in [2.75, 3.05) is 19.7 Å². The van der Waals surface area contributed by atoms with Crippen LogP contribution < -0.4 is 5.32 Å². The van der Waals surface area contributed by atoms with Crippen molar-refractivity contribution in [1.29, 1.82) is 0 Å². The van der Waals surface area contributed by atoms with E-state index < -0.39 is 16.4 Å². The van der Waals surface area contributed by atoms with Crippen LogP contribution in [0.3, 0.4) is 0 Å². The molecule has 0 saturated heterocycles. The molecule has 160 valence electrons. The molecule has 0 radical (unpaired) electrons. The highest BCUT2D eigenvalue weighted by Gasteiger charge is 2.40. The smallest absolute Gasteiger partial charge is 0.244 e. The summed E-state index contributed by atoms with van der Waals surface area (Å²) in [7, 11) is -3.63. The number of sulfonamides is 1. The summed E-state index contributed by atoms with van der Waals surface area (Å²) < 4.78 is 45.9. The predicted octanol–water partition coefficient (Wildman–Crippen LogP) is 2.94. The van der Waals surface area contributed by atoms with Crippen LogP contribution in [0.5, 0.6) is 0 Å². The van der Waals surface area contributed by atoms with Crippen molar-refractivity contribution in [1.82, 2.24) is 14.6 Å². The van der Waals surface area contributed by atoms with Gasteiger partial charge in [0.1, 0.15) is 5.82 Å². The maximum absolute atomic E-state index is 13.5. The molecule has 2 aromatic carbocycles. The quantitative estimate of drug-likeness (QED) is 0.498. The van der Waals surface area contributed by atoms with Crippen molar-refractivity contribution in [2.24, 2.45) is 0 Å². The first-order valence-electron chi connectivity index (χ1n) is 9.78. The fourth-order valence-electron chi connectivity index (χ4n) is 3.93. The van der Waals surface area contributed by atoms with Gasteiger partial charge in [0.2, 0.25) is 16.4 Å². The standard InChI is InChI=1S/C21H24FN3O4S/c1-3-29-21(26)23-8-9-25-13(2)17-10-14(4-7-20(17)30(25,27)28)18-12-24-19-11-15(22)5-6-16(18)19/h4-7,10-13,21,23-24,26H,3,8-9H2,1-2H3. The number of fused-ring (bicyclic) bond motifs is 2. The first-order valence-corrected chi connectivity index (χ1v) is 11.2. The van der Waals surface area contributed by atoms with Gasteiger partial charge in [-0.3, -0.25) is 5.32 Å². The average Bonchev–Trinajstić information content (AvgIpc) is 3.20.